The van der Waals surface area contributed by atoms with Crippen molar-refractivity contribution in [3.63, 3.8) is 0 Å². The van der Waals surface area contributed by atoms with Gasteiger partial charge in [-0.1, -0.05) is 0 Å². The smallest absolute Gasteiger partial charge is 0.328 e. The van der Waals surface area contributed by atoms with Crippen LogP contribution in [0.1, 0.15) is 69.2 Å². The van der Waals surface area contributed by atoms with Crippen molar-refractivity contribution in [3.05, 3.63) is 0 Å². The molecule has 0 fully saturated rings. The predicted molar refractivity (Wildman–Crippen MR) is 177 cm³/mol. The van der Waals surface area contributed by atoms with Crippen LogP contribution in [-0.2, 0) is 40.1 Å². The Labute approximate surface area is 257 Å². The molecule has 248 valence electrons. The molecule has 0 aliphatic heterocycles. The molecule has 13 heteroatoms. The van der Waals surface area contributed by atoms with E-state index in [0.717, 1.165) is 12.1 Å². The summed E-state index contributed by atoms with van der Waals surface area (Å²) in [7, 11) is -11.0. The van der Waals surface area contributed by atoms with Gasteiger partial charge in [0.2, 0.25) is 0 Å². The minimum atomic E-state index is -2.88. The second-order valence-electron chi connectivity index (χ2n) is 12.4. The molecule has 0 aliphatic carbocycles. The molecule has 0 aliphatic rings. The maximum Gasteiger partial charge on any atom is 0.328 e. The molecule has 0 rings (SSSR count). The van der Waals surface area contributed by atoms with Gasteiger partial charge >= 0.3 is 34.2 Å². The van der Waals surface area contributed by atoms with E-state index in [1.54, 1.807) is 0 Å². The lowest BCUT2D eigenvalue weighted by Gasteiger charge is -2.44. The standard InChI is InChI=1S/C28H66O9Si4/c1-15-33-38(11,21-17-29-25(3)4)35-40(13,23-19-31-27(7)8)37-41(14,24-20-32-28(9)10)36-39(12,34-16-2)22-18-30-26(5)6/h25-28H,15-24H2,1-14H3. The highest BCUT2D eigenvalue weighted by Crippen LogP contribution is 2.32. The van der Waals surface area contributed by atoms with E-state index in [1.165, 1.54) is 0 Å². The molecule has 4 atom stereocenters. The van der Waals surface area contributed by atoms with Crippen molar-refractivity contribution in [1.29, 1.82) is 0 Å². The molecule has 0 aromatic carbocycles. The van der Waals surface area contributed by atoms with E-state index in [1.807, 2.05) is 69.2 Å². The summed E-state index contributed by atoms with van der Waals surface area (Å²) in [6, 6.07) is 2.80. The van der Waals surface area contributed by atoms with Gasteiger partial charge in [0, 0.05) is 63.8 Å². The first-order chi connectivity index (χ1) is 18.9. The van der Waals surface area contributed by atoms with Crippen LogP contribution in [0.15, 0.2) is 0 Å². The minimum Gasteiger partial charge on any atom is -0.415 e. The topological polar surface area (TPSA) is 83.1 Å². The van der Waals surface area contributed by atoms with Crippen molar-refractivity contribution in [2.45, 2.75) is 144 Å². The van der Waals surface area contributed by atoms with E-state index in [0.29, 0.717) is 51.7 Å². The first-order valence-corrected chi connectivity index (χ1v) is 25.8. The molecule has 4 unspecified atom stereocenters. The molecule has 0 aromatic rings. The Balaban J connectivity index is 6.29. The van der Waals surface area contributed by atoms with Gasteiger partial charge in [-0.15, -0.1) is 0 Å². The Morgan fingerprint density at radius 2 is 0.610 bits per heavy atom. The van der Waals surface area contributed by atoms with Crippen LogP contribution in [0.5, 0.6) is 0 Å². The largest absolute Gasteiger partial charge is 0.415 e. The maximum atomic E-state index is 7.23. The van der Waals surface area contributed by atoms with Crippen LogP contribution in [0, 0.1) is 0 Å². The summed E-state index contributed by atoms with van der Waals surface area (Å²) in [5.41, 5.74) is 0. The molecule has 0 spiro atoms. The first-order valence-electron chi connectivity index (χ1n) is 15.8. The molecule has 0 aromatic heterocycles. The Morgan fingerprint density at radius 3 is 0.829 bits per heavy atom. The maximum absolute atomic E-state index is 7.23. The van der Waals surface area contributed by atoms with Gasteiger partial charge in [-0.25, -0.2) is 0 Å². The van der Waals surface area contributed by atoms with E-state index in [9.17, 15) is 0 Å². The fourth-order valence-electron chi connectivity index (χ4n) is 4.45. The van der Waals surface area contributed by atoms with E-state index >= 15 is 0 Å². The van der Waals surface area contributed by atoms with E-state index in [2.05, 4.69) is 26.2 Å². The van der Waals surface area contributed by atoms with Crippen LogP contribution in [0.2, 0.25) is 50.4 Å². The van der Waals surface area contributed by atoms with Gasteiger partial charge in [0.15, 0.2) is 0 Å². The number of rotatable bonds is 26. The van der Waals surface area contributed by atoms with Crippen LogP contribution >= 0.6 is 0 Å². The molecule has 41 heavy (non-hydrogen) atoms. The molecular weight excluding hydrogens is 593 g/mol. The fourth-order valence-corrected chi connectivity index (χ4v) is 22.9. The zero-order chi connectivity index (χ0) is 31.7. The Hall–Kier alpha value is 0.508. The third-order valence-corrected chi connectivity index (χ3v) is 22.8. The summed E-state index contributed by atoms with van der Waals surface area (Å²) in [5.74, 6) is 0. The monoisotopic (exact) mass is 658 g/mol. The third kappa shape index (κ3) is 20.2. The molecule has 0 radical (unpaired) electrons. The first kappa shape index (κ1) is 41.5. The van der Waals surface area contributed by atoms with Gasteiger partial charge in [-0.3, -0.25) is 0 Å². The van der Waals surface area contributed by atoms with E-state index in [-0.39, 0.29) is 24.4 Å². The van der Waals surface area contributed by atoms with Crippen LogP contribution in [-0.4, -0.2) is 98.3 Å². The number of ether oxygens (including phenoxy) is 4. The highest BCUT2D eigenvalue weighted by atomic mass is 28.5. The number of hydrogen-bond donors (Lipinski definition) is 0. The van der Waals surface area contributed by atoms with Crippen LogP contribution in [0.4, 0.5) is 0 Å². The van der Waals surface area contributed by atoms with Gasteiger partial charge in [-0.2, -0.15) is 0 Å². The summed E-state index contributed by atoms with van der Waals surface area (Å²) in [4.78, 5) is 0. The van der Waals surface area contributed by atoms with E-state index < -0.39 is 34.2 Å². The SMILES string of the molecule is CCO[Si](C)(CCOC(C)C)O[Si](C)(CCOC(C)C)O[Si](C)(CCOC(C)C)O[Si](C)(CCOC(C)C)OCC. The van der Waals surface area contributed by atoms with Crippen LogP contribution in [0.3, 0.4) is 0 Å². The second-order valence-corrected chi connectivity index (χ2v) is 26.5. The quantitative estimate of drug-likeness (QED) is 0.0904. The predicted octanol–water partition coefficient (Wildman–Crippen LogP) is 7.10. The van der Waals surface area contributed by atoms with Crippen molar-refractivity contribution < 1.29 is 40.1 Å². The van der Waals surface area contributed by atoms with Crippen LogP contribution in [0.25, 0.3) is 0 Å². The second kappa shape index (κ2) is 20.5. The van der Waals surface area contributed by atoms with Crippen LogP contribution < -0.4 is 0 Å². The summed E-state index contributed by atoms with van der Waals surface area (Å²) in [5, 5.41) is 0. The summed E-state index contributed by atoms with van der Waals surface area (Å²) in [6.45, 7) is 32.4. The fraction of sp³-hybridized carbons (Fsp3) is 1.00. The average molecular weight is 659 g/mol. The van der Waals surface area contributed by atoms with Gasteiger partial charge in [0.25, 0.3) is 0 Å². The van der Waals surface area contributed by atoms with Gasteiger partial charge in [0.1, 0.15) is 0 Å². The van der Waals surface area contributed by atoms with Crippen molar-refractivity contribution in [1.82, 2.24) is 0 Å². The van der Waals surface area contributed by atoms with E-state index in [4.69, 9.17) is 40.1 Å². The van der Waals surface area contributed by atoms with Crippen molar-refractivity contribution in [2.75, 3.05) is 39.6 Å². The Kier molecular flexibility index (Phi) is 20.8. The Morgan fingerprint density at radius 1 is 0.390 bits per heavy atom. The van der Waals surface area contributed by atoms with Crippen molar-refractivity contribution in [3.8, 4) is 0 Å². The van der Waals surface area contributed by atoms with Crippen molar-refractivity contribution >= 4 is 34.2 Å². The zero-order valence-corrected chi connectivity index (χ0v) is 33.1. The summed E-state index contributed by atoms with van der Waals surface area (Å²) in [6.07, 6.45) is 0.551. The van der Waals surface area contributed by atoms with Gasteiger partial charge < -0.3 is 40.1 Å². The van der Waals surface area contributed by atoms with Crippen molar-refractivity contribution in [2.24, 2.45) is 0 Å². The molecule has 0 saturated carbocycles. The number of hydrogen-bond acceptors (Lipinski definition) is 9. The lowest BCUT2D eigenvalue weighted by atomic mass is 10.5. The molecule has 0 N–H and O–H groups in total. The molecular formula is C28H66O9Si4. The third-order valence-electron chi connectivity index (χ3n) is 6.22. The lowest BCUT2D eigenvalue weighted by molar-refractivity contribution is 0.0780. The normalized spacial score (nSPS) is 18.6. The Bertz CT molecular complexity index is 622. The van der Waals surface area contributed by atoms with Gasteiger partial charge in [-0.05, 0) is 95.4 Å². The average Bonchev–Trinajstić information content (AvgIpc) is 2.77. The molecule has 0 bridgehead atoms. The highest BCUT2D eigenvalue weighted by molar-refractivity contribution is 6.88. The highest BCUT2D eigenvalue weighted by Gasteiger charge is 2.51. The summed E-state index contributed by atoms with van der Waals surface area (Å²) >= 11 is 0. The molecule has 0 saturated heterocycles. The summed E-state index contributed by atoms with van der Waals surface area (Å²) < 4.78 is 57.9. The zero-order valence-electron chi connectivity index (χ0n) is 29.1. The molecule has 0 amide bonds. The molecule has 0 heterocycles. The molecule has 9 nitrogen and oxygen atoms in total. The van der Waals surface area contributed by atoms with Gasteiger partial charge in [0.05, 0.1) is 24.4 Å². The minimum absolute atomic E-state index is 0.122. The lowest BCUT2D eigenvalue weighted by Crippen LogP contribution is -2.61.